The summed E-state index contributed by atoms with van der Waals surface area (Å²) in [6.07, 6.45) is 2.19. The second kappa shape index (κ2) is 5.69. The number of carbonyl (C=O) groups is 2. The Kier molecular flexibility index (Phi) is 4.22. The van der Waals surface area contributed by atoms with Gasteiger partial charge in [0, 0.05) is 26.2 Å². The molecule has 2 aliphatic rings. The van der Waals surface area contributed by atoms with Crippen LogP contribution in [0.3, 0.4) is 0 Å². The maximum Gasteiger partial charge on any atom is 0.239 e. The van der Waals surface area contributed by atoms with Gasteiger partial charge in [-0.05, 0) is 25.7 Å². The van der Waals surface area contributed by atoms with E-state index in [2.05, 4.69) is 12.2 Å². The Morgan fingerprint density at radius 3 is 2.61 bits per heavy atom. The van der Waals surface area contributed by atoms with Gasteiger partial charge < -0.3 is 10.2 Å². The third-order valence-corrected chi connectivity index (χ3v) is 4.07. The summed E-state index contributed by atoms with van der Waals surface area (Å²) in [5.41, 5.74) is 0. The molecule has 0 aromatic carbocycles. The van der Waals surface area contributed by atoms with Gasteiger partial charge in [-0.15, -0.1) is 0 Å². The molecule has 2 heterocycles. The van der Waals surface area contributed by atoms with Crippen LogP contribution in [-0.2, 0) is 9.59 Å². The minimum absolute atomic E-state index is 0.0215. The number of carbonyl (C=O) groups excluding carboxylic acids is 2. The molecule has 0 radical (unpaired) electrons. The number of rotatable bonds is 2. The van der Waals surface area contributed by atoms with Gasteiger partial charge >= 0.3 is 0 Å². The second-order valence-corrected chi connectivity index (χ2v) is 5.50. The quantitative estimate of drug-likeness (QED) is 0.757. The van der Waals surface area contributed by atoms with Crippen LogP contribution in [0.5, 0.6) is 0 Å². The molecule has 2 saturated heterocycles. The van der Waals surface area contributed by atoms with Crippen molar-refractivity contribution in [1.82, 2.24) is 15.1 Å². The van der Waals surface area contributed by atoms with E-state index in [1.165, 1.54) is 0 Å². The molecule has 102 valence electrons. The number of nitrogens with one attached hydrogen (secondary N) is 1. The molecule has 18 heavy (non-hydrogen) atoms. The molecule has 1 N–H and O–H groups in total. The summed E-state index contributed by atoms with van der Waals surface area (Å²) in [7, 11) is 0. The minimum atomic E-state index is -0.176. The van der Waals surface area contributed by atoms with Crippen LogP contribution in [0.4, 0.5) is 0 Å². The molecule has 0 bridgehead atoms. The predicted octanol–water partition coefficient (Wildman–Crippen LogP) is 0.0652. The molecule has 5 nitrogen and oxygen atoms in total. The van der Waals surface area contributed by atoms with Gasteiger partial charge in [-0.2, -0.15) is 0 Å². The average Bonchev–Trinajstić information content (AvgIpc) is 2.38. The highest BCUT2D eigenvalue weighted by Crippen LogP contribution is 2.17. The standard InChI is InChI=1S/C13H23N3O2/c1-10-3-6-15(7-4-10)13(18)11(2)16-8-5-14-12(17)9-16/h10-11H,3-9H2,1-2H3,(H,14,17). The molecular formula is C13H23N3O2. The zero-order valence-electron chi connectivity index (χ0n) is 11.3. The van der Waals surface area contributed by atoms with Crippen LogP contribution in [0.15, 0.2) is 0 Å². The summed E-state index contributed by atoms with van der Waals surface area (Å²) in [6.45, 7) is 7.64. The highest BCUT2D eigenvalue weighted by atomic mass is 16.2. The van der Waals surface area contributed by atoms with Crippen molar-refractivity contribution in [3.8, 4) is 0 Å². The SMILES string of the molecule is CC1CCN(C(=O)C(C)N2CCNC(=O)C2)CC1. The minimum Gasteiger partial charge on any atom is -0.354 e. The number of hydrogen-bond donors (Lipinski definition) is 1. The highest BCUT2D eigenvalue weighted by Gasteiger charge is 2.30. The highest BCUT2D eigenvalue weighted by molar-refractivity contribution is 5.84. The van der Waals surface area contributed by atoms with E-state index in [9.17, 15) is 9.59 Å². The first-order chi connectivity index (χ1) is 8.58. The Labute approximate surface area is 108 Å². The first kappa shape index (κ1) is 13.3. The molecule has 0 saturated carbocycles. The second-order valence-electron chi connectivity index (χ2n) is 5.50. The lowest BCUT2D eigenvalue weighted by Crippen LogP contribution is -2.56. The van der Waals surface area contributed by atoms with Gasteiger partial charge in [0.25, 0.3) is 0 Å². The molecule has 1 unspecified atom stereocenters. The van der Waals surface area contributed by atoms with Crippen molar-refractivity contribution < 1.29 is 9.59 Å². The molecule has 0 aromatic heterocycles. The largest absolute Gasteiger partial charge is 0.354 e. The van der Waals surface area contributed by atoms with Crippen molar-refractivity contribution in [2.75, 3.05) is 32.7 Å². The summed E-state index contributed by atoms with van der Waals surface area (Å²) < 4.78 is 0. The van der Waals surface area contributed by atoms with E-state index in [1.807, 2.05) is 16.7 Å². The maximum absolute atomic E-state index is 12.4. The maximum atomic E-state index is 12.4. The smallest absolute Gasteiger partial charge is 0.239 e. The fraction of sp³-hybridized carbons (Fsp3) is 0.846. The average molecular weight is 253 g/mol. The Morgan fingerprint density at radius 1 is 1.33 bits per heavy atom. The van der Waals surface area contributed by atoms with Crippen LogP contribution in [0.1, 0.15) is 26.7 Å². The molecule has 2 aliphatic heterocycles. The van der Waals surface area contributed by atoms with Crippen LogP contribution in [0.2, 0.25) is 0 Å². The summed E-state index contributed by atoms with van der Waals surface area (Å²) in [5, 5.41) is 2.79. The van der Waals surface area contributed by atoms with E-state index in [-0.39, 0.29) is 17.9 Å². The van der Waals surface area contributed by atoms with Gasteiger partial charge in [-0.25, -0.2) is 0 Å². The Hall–Kier alpha value is -1.10. The lowest BCUT2D eigenvalue weighted by Gasteiger charge is -2.37. The van der Waals surface area contributed by atoms with Gasteiger partial charge in [-0.3, -0.25) is 14.5 Å². The number of hydrogen-bond acceptors (Lipinski definition) is 3. The fourth-order valence-electron chi connectivity index (χ4n) is 2.64. The van der Waals surface area contributed by atoms with Crippen molar-refractivity contribution in [3.05, 3.63) is 0 Å². The van der Waals surface area contributed by atoms with Gasteiger partial charge in [0.05, 0.1) is 12.6 Å². The monoisotopic (exact) mass is 253 g/mol. The molecule has 2 amide bonds. The van der Waals surface area contributed by atoms with Crippen LogP contribution in [-0.4, -0.2) is 60.4 Å². The van der Waals surface area contributed by atoms with Crippen LogP contribution >= 0.6 is 0 Å². The molecule has 5 heteroatoms. The zero-order chi connectivity index (χ0) is 13.1. The molecule has 1 atom stereocenters. The number of piperazine rings is 1. The summed E-state index contributed by atoms with van der Waals surface area (Å²) in [4.78, 5) is 27.6. The Bertz CT molecular complexity index is 324. The number of piperidine rings is 1. The van der Waals surface area contributed by atoms with Gasteiger partial charge in [0.15, 0.2) is 0 Å². The van der Waals surface area contributed by atoms with Crippen molar-refractivity contribution in [3.63, 3.8) is 0 Å². The Morgan fingerprint density at radius 2 is 2.00 bits per heavy atom. The summed E-state index contributed by atoms with van der Waals surface area (Å²) in [5.74, 6) is 0.926. The fourth-order valence-corrected chi connectivity index (χ4v) is 2.64. The van der Waals surface area contributed by atoms with Crippen molar-refractivity contribution in [2.24, 2.45) is 5.92 Å². The van der Waals surface area contributed by atoms with E-state index in [0.717, 1.165) is 38.4 Å². The van der Waals surface area contributed by atoms with Gasteiger partial charge in [0.1, 0.15) is 0 Å². The summed E-state index contributed by atoms with van der Waals surface area (Å²) >= 11 is 0. The van der Waals surface area contributed by atoms with Crippen LogP contribution in [0, 0.1) is 5.92 Å². The first-order valence-corrected chi connectivity index (χ1v) is 6.87. The number of likely N-dealkylation sites (tertiary alicyclic amines) is 1. The van der Waals surface area contributed by atoms with E-state index in [1.54, 1.807) is 0 Å². The first-order valence-electron chi connectivity index (χ1n) is 6.87. The lowest BCUT2D eigenvalue weighted by atomic mass is 9.98. The van der Waals surface area contributed by atoms with Crippen molar-refractivity contribution >= 4 is 11.8 Å². The molecule has 0 aliphatic carbocycles. The molecular weight excluding hydrogens is 230 g/mol. The van der Waals surface area contributed by atoms with E-state index in [0.29, 0.717) is 13.1 Å². The molecule has 0 spiro atoms. The molecule has 2 fully saturated rings. The number of nitrogens with zero attached hydrogens (tertiary/aromatic N) is 2. The molecule has 0 aromatic rings. The van der Waals surface area contributed by atoms with Gasteiger partial charge in [0.2, 0.25) is 11.8 Å². The van der Waals surface area contributed by atoms with E-state index < -0.39 is 0 Å². The molecule has 2 rings (SSSR count). The third kappa shape index (κ3) is 3.02. The van der Waals surface area contributed by atoms with Crippen LogP contribution in [0.25, 0.3) is 0 Å². The van der Waals surface area contributed by atoms with E-state index >= 15 is 0 Å². The summed E-state index contributed by atoms with van der Waals surface area (Å²) in [6, 6.07) is -0.176. The predicted molar refractivity (Wildman–Crippen MR) is 69.0 cm³/mol. The topological polar surface area (TPSA) is 52.7 Å². The third-order valence-electron chi connectivity index (χ3n) is 4.07. The Balaban J connectivity index is 1.89. The normalized spacial score (nSPS) is 24.8. The van der Waals surface area contributed by atoms with Crippen molar-refractivity contribution in [2.45, 2.75) is 32.7 Å². The number of amides is 2. The van der Waals surface area contributed by atoms with Crippen LogP contribution < -0.4 is 5.32 Å². The zero-order valence-corrected chi connectivity index (χ0v) is 11.3. The lowest BCUT2D eigenvalue weighted by molar-refractivity contribution is -0.139. The van der Waals surface area contributed by atoms with Gasteiger partial charge in [-0.1, -0.05) is 6.92 Å². The van der Waals surface area contributed by atoms with Crippen molar-refractivity contribution in [1.29, 1.82) is 0 Å². The van der Waals surface area contributed by atoms with E-state index in [4.69, 9.17) is 0 Å².